The number of anilines is 6. The predicted molar refractivity (Wildman–Crippen MR) is 319 cm³/mol. The minimum atomic E-state index is -0.324. The molecule has 0 bridgehead atoms. The molecule has 0 spiro atoms. The number of nitrogens with zero attached hydrogens (tertiary/aromatic N) is 2. The average molecular weight is 989 g/mol. The highest BCUT2D eigenvalue weighted by Gasteiger charge is 2.30. The van der Waals surface area contributed by atoms with E-state index in [2.05, 4.69) is 247 Å². The molecule has 0 aliphatic heterocycles. The first-order valence-corrected chi connectivity index (χ1v) is 26.2. The van der Waals surface area contributed by atoms with Crippen LogP contribution in [0.25, 0.3) is 76.8 Å². The number of benzene rings is 12. The lowest BCUT2D eigenvalue weighted by atomic mass is 9.90. The van der Waals surface area contributed by atoms with Crippen molar-refractivity contribution >= 4 is 66.4 Å². The van der Waals surface area contributed by atoms with Crippen molar-refractivity contribution in [3.05, 3.63) is 262 Å². The van der Waals surface area contributed by atoms with E-state index in [4.69, 9.17) is 0 Å². The van der Waals surface area contributed by atoms with E-state index in [1.165, 1.54) is 0 Å². The van der Waals surface area contributed by atoms with Gasteiger partial charge in [0.15, 0.2) is 0 Å². The molecule has 4 heteroatoms. The zero-order valence-corrected chi connectivity index (χ0v) is 44.3. The van der Waals surface area contributed by atoms with Gasteiger partial charge in [-0.15, -0.1) is 0 Å². The Morgan fingerprint density at radius 3 is 0.947 bits per heavy atom. The van der Waals surface area contributed by atoms with Gasteiger partial charge in [-0.25, -0.2) is 8.78 Å². The molecule has 76 heavy (non-hydrogen) atoms. The summed E-state index contributed by atoms with van der Waals surface area (Å²) in [5, 5.41) is 6.15. The summed E-state index contributed by atoms with van der Waals surface area (Å²) in [7, 11) is 0. The van der Waals surface area contributed by atoms with E-state index >= 15 is 8.78 Å². The van der Waals surface area contributed by atoms with Gasteiger partial charge in [0.05, 0.1) is 34.1 Å². The number of halogens is 2. The first-order chi connectivity index (χ1) is 36.8. The monoisotopic (exact) mass is 988 g/mol. The van der Waals surface area contributed by atoms with Crippen LogP contribution in [-0.4, -0.2) is 0 Å². The molecule has 12 aromatic carbocycles. The molecule has 370 valence electrons. The van der Waals surface area contributed by atoms with Crippen LogP contribution in [0.15, 0.2) is 206 Å². The van der Waals surface area contributed by atoms with Gasteiger partial charge in [-0.1, -0.05) is 192 Å². The van der Waals surface area contributed by atoms with Crippen LogP contribution in [0.1, 0.15) is 44.5 Å². The third kappa shape index (κ3) is 8.35. The summed E-state index contributed by atoms with van der Waals surface area (Å²) >= 11 is 0. The van der Waals surface area contributed by atoms with Crippen LogP contribution in [0.5, 0.6) is 0 Å². The average Bonchev–Trinajstić information content (AvgIpc) is 3.57. The van der Waals surface area contributed by atoms with Crippen molar-refractivity contribution in [3.8, 4) is 44.5 Å². The third-order valence-electron chi connectivity index (χ3n) is 15.4. The fraction of sp³-hybridized carbons (Fsp3) is 0.111. The molecule has 0 saturated heterocycles. The summed E-state index contributed by atoms with van der Waals surface area (Å²) < 4.78 is 36.3. The van der Waals surface area contributed by atoms with Gasteiger partial charge in [0.2, 0.25) is 0 Å². The standard InChI is InChI=1S/C72H58F2N2/c1-43-15-9-23-53(35-43)57-39-61(55-25-11-17-45(3)37-55)71(63(73)41-57)75(69-47(5)19-13-20-48(69)6)65-33-29-51-28-32-60-66(34-30-52-27-31-59(65)67(51)68(52)60)76(70-49(7)21-14-22-50(70)8)72-62(56-26-12-18-46(4)38-56)40-58(42-64(72)74)54-24-10-16-44(2)36-54/h9-42H,1-8H3. The Hall–Kier alpha value is -8.86. The lowest BCUT2D eigenvalue weighted by Gasteiger charge is -2.33. The zero-order chi connectivity index (χ0) is 52.5. The quantitative estimate of drug-likeness (QED) is 0.126. The second-order valence-electron chi connectivity index (χ2n) is 20.9. The Labute approximate surface area is 445 Å². The molecule has 0 unspecified atom stereocenters. The SMILES string of the molecule is Cc1cccc(-c2cc(F)c(N(c3c(C)cccc3C)c3ccc4ccc5c(N(c6c(C)cccc6C)c6c(F)cc(-c7cccc(C)c7)cc6-c6cccc(C)c6)ccc6ccc3c4c65)c(-c3cccc(C)c3)c2)c1. The molecule has 12 aromatic rings. The lowest BCUT2D eigenvalue weighted by molar-refractivity contribution is 0.629. The number of hydrogen-bond donors (Lipinski definition) is 0. The number of aryl methyl sites for hydroxylation is 8. The van der Waals surface area contributed by atoms with Crippen LogP contribution in [0, 0.1) is 67.0 Å². The van der Waals surface area contributed by atoms with Crippen molar-refractivity contribution in [2.45, 2.75) is 55.4 Å². The first-order valence-electron chi connectivity index (χ1n) is 26.2. The fourth-order valence-corrected chi connectivity index (χ4v) is 11.9. The molecular formula is C72H58F2N2. The number of rotatable bonds is 10. The molecular weight excluding hydrogens is 931 g/mol. The zero-order valence-electron chi connectivity index (χ0n) is 44.3. The Morgan fingerprint density at radius 1 is 0.276 bits per heavy atom. The fourth-order valence-electron chi connectivity index (χ4n) is 11.9. The largest absolute Gasteiger partial charge is 0.306 e. The second-order valence-corrected chi connectivity index (χ2v) is 20.9. The summed E-state index contributed by atoms with van der Waals surface area (Å²) in [6.45, 7) is 16.8. The van der Waals surface area contributed by atoms with E-state index in [-0.39, 0.29) is 11.6 Å². The minimum absolute atomic E-state index is 0.324. The maximum absolute atomic E-state index is 18.2. The van der Waals surface area contributed by atoms with E-state index in [1.54, 1.807) is 12.1 Å². The molecule has 0 amide bonds. The van der Waals surface area contributed by atoms with E-state index in [9.17, 15) is 0 Å². The van der Waals surface area contributed by atoms with Crippen molar-refractivity contribution in [2.75, 3.05) is 9.80 Å². The molecule has 0 saturated carbocycles. The van der Waals surface area contributed by atoms with Gasteiger partial charge >= 0.3 is 0 Å². The van der Waals surface area contributed by atoms with Gasteiger partial charge in [-0.3, -0.25) is 0 Å². The van der Waals surface area contributed by atoms with E-state index < -0.39 is 0 Å². The predicted octanol–water partition coefficient (Wildman–Crippen LogP) is 20.9. The summed E-state index contributed by atoms with van der Waals surface area (Å²) in [4.78, 5) is 4.35. The van der Waals surface area contributed by atoms with E-state index in [0.717, 1.165) is 144 Å². The van der Waals surface area contributed by atoms with Crippen molar-refractivity contribution in [1.29, 1.82) is 0 Å². The molecule has 0 fully saturated rings. The highest BCUT2D eigenvalue weighted by atomic mass is 19.1. The Bertz CT molecular complexity index is 3950. The van der Waals surface area contributed by atoms with Gasteiger partial charge in [0.1, 0.15) is 11.6 Å². The molecule has 0 N–H and O–H groups in total. The molecule has 0 aliphatic carbocycles. The number of hydrogen-bond acceptors (Lipinski definition) is 2. The van der Waals surface area contributed by atoms with Crippen LogP contribution < -0.4 is 9.80 Å². The highest BCUT2D eigenvalue weighted by Crippen LogP contribution is 2.53. The summed E-state index contributed by atoms with van der Waals surface area (Å²) in [6.07, 6.45) is 0. The van der Waals surface area contributed by atoms with Crippen LogP contribution in [-0.2, 0) is 0 Å². The maximum Gasteiger partial charge on any atom is 0.148 e. The summed E-state index contributed by atoms with van der Waals surface area (Å²) in [5.74, 6) is -0.648. The van der Waals surface area contributed by atoms with Gasteiger partial charge in [0, 0.05) is 21.9 Å². The summed E-state index contributed by atoms with van der Waals surface area (Å²) in [6, 6.07) is 71.1. The first kappa shape index (κ1) is 48.1. The Kier molecular flexibility index (Phi) is 12.1. The topological polar surface area (TPSA) is 6.48 Å². The van der Waals surface area contributed by atoms with Crippen molar-refractivity contribution in [2.24, 2.45) is 0 Å². The smallest absolute Gasteiger partial charge is 0.148 e. The maximum atomic E-state index is 18.2. The number of para-hydroxylation sites is 2. The van der Waals surface area contributed by atoms with Gasteiger partial charge in [0.25, 0.3) is 0 Å². The van der Waals surface area contributed by atoms with Gasteiger partial charge in [-0.05, 0) is 169 Å². The molecule has 0 aliphatic rings. The molecule has 12 rings (SSSR count). The normalized spacial score (nSPS) is 11.6. The van der Waals surface area contributed by atoms with Crippen molar-refractivity contribution in [3.63, 3.8) is 0 Å². The molecule has 2 nitrogen and oxygen atoms in total. The van der Waals surface area contributed by atoms with Crippen LogP contribution in [0.3, 0.4) is 0 Å². The van der Waals surface area contributed by atoms with Crippen LogP contribution in [0.2, 0.25) is 0 Å². The van der Waals surface area contributed by atoms with E-state index in [1.807, 2.05) is 12.1 Å². The van der Waals surface area contributed by atoms with E-state index in [0.29, 0.717) is 11.4 Å². The highest BCUT2D eigenvalue weighted by molar-refractivity contribution is 6.28. The molecule has 0 atom stereocenters. The van der Waals surface area contributed by atoms with Crippen LogP contribution >= 0.6 is 0 Å². The third-order valence-corrected chi connectivity index (χ3v) is 15.4. The minimum Gasteiger partial charge on any atom is -0.306 e. The van der Waals surface area contributed by atoms with Gasteiger partial charge in [-0.2, -0.15) is 0 Å². The lowest BCUT2D eigenvalue weighted by Crippen LogP contribution is -2.17. The summed E-state index contributed by atoms with van der Waals surface area (Å²) in [5.41, 5.74) is 20.0. The molecule has 0 aromatic heterocycles. The Balaban J connectivity index is 1.16. The molecule has 0 radical (unpaired) electrons. The molecule has 0 heterocycles. The second kappa shape index (κ2) is 19.1. The van der Waals surface area contributed by atoms with Crippen LogP contribution in [0.4, 0.5) is 42.9 Å². The van der Waals surface area contributed by atoms with Crippen molar-refractivity contribution in [1.82, 2.24) is 0 Å². The van der Waals surface area contributed by atoms with Crippen molar-refractivity contribution < 1.29 is 8.78 Å². The van der Waals surface area contributed by atoms with Gasteiger partial charge < -0.3 is 9.80 Å². The Morgan fingerprint density at radius 2 is 0.592 bits per heavy atom.